The molecule has 6 heteroatoms. The van der Waals surface area contributed by atoms with E-state index in [1.807, 2.05) is 18.2 Å². The molecule has 3 atom stereocenters. The van der Waals surface area contributed by atoms with Crippen LogP contribution in [0.2, 0.25) is 0 Å². The van der Waals surface area contributed by atoms with E-state index in [-0.39, 0.29) is 28.9 Å². The highest BCUT2D eigenvalue weighted by atomic mass is 16.3. The summed E-state index contributed by atoms with van der Waals surface area (Å²) in [5.41, 5.74) is 1.33. The van der Waals surface area contributed by atoms with Crippen LogP contribution in [-0.2, 0) is 27.2 Å². The summed E-state index contributed by atoms with van der Waals surface area (Å²) in [6.07, 6.45) is 4.45. The van der Waals surface area contributed by atoms with Crippen LogP contribution in [0.1, 0.15) is 49.8 Å². The van der Waals surface area contributed by atoms with Crippen molar-refractivity contribution in [3.05, 3.63) is 70.3 Å². The second-order valence-corrected chi connectivity index (χ2v) is 9.86. The Morgan fingerprint density at radius 1 is 1.06 bits per heavy atom. The second kappa shape index (κ2) is 8.31. The fraction of sp³-hybridized carbons (Fsp3) is 0.345. The Hall–Kier alpha value is -3.51. The van der Waals surface area contributed by atoms with Crippen LogP contribution in [0.3, 0.4) is 0 Å². The second-order valence-electron chi connectivity index (χ2n) is 9.86. The molecule has 0 bridgehead atoms. The SMILES string of the molecule is CCCc1ccc(-c2ccc(O)c3c2C[C@H]2C[C@H]4CC=C(C(C)=O)C(=O)[C@@]4(O)C(=O)C2=C3O)cc1. The third-order valence-corrected chi connectivity index (χ3v) is 7.77. The summed E-state index contributed by atoms with van der Waals surface area (Å²) in [5, 5.41) is 33.2. The molecule has 5 rings (SSSR count). The average Bonchev–Trinajstić information content (AvgIpc) is 2.82. The average molecular weight is 473 g/mol. The number of rotatable bonds is 4. The van der Waals surface area contributed by atoms with E-state index in [1.54, 1.807) is 0 Å². The van der Waals surface area contributed by atoms with Crippen LogP contribution in [0.4, 0.5) is 0 Å². The molecular formula is C29H28O6. The molecule has 0 amide bonds. The van der Waals surface area contributed by atoms with Crippen molar-refractivity contribution in [3.63, 3.8) is 0 Å². The van der Waals surface area contributed by atoms with Crippen molar-refractivity contribution in [3.8, 4) is 16.9 Å². The van der Waals surface area contributed by atoms with Gasteiger partial charge < -0.3 is 15.3 Å². The first-order valence-electron chi connectivity index (χ1n) is 12.1. The normalized spacial score (nSPS) is 25.5. The molecule has 6 nitrogen and oxygen atoms in total. The topological polar surface area (TPSA) is 112 Å². The zero-order valence-electron chi connectivity index (χ0n) is 19.8. The molecule has 180 valence electrons. The van der Waals surface area contributed by atoms with Gasteiger partial charge in [-0.3, -0.25) is 14.4 Å². The summed E-state index contributed by atoms with van der Waals surface area (Å²) < 4.78 is 0. The van der Waals surface area contributed by atoms with E-state index in [9.17, 15) is 29.7 Å². The number of ketones is 3. The monoisotopic (exact) mass is 472 g/mol. The molecule has 3 aliphatic carbocycles. The van der Waals surface area contributed by atoms with Gasteiger partial charge in [0, 0.05) is 11.5 Å². The highest BCUT2D eigenvalue weighted by Crippen LogP contribution is 2.51. The van der Waals surface area contributed by atoms with Crippen molar-refractivity contribution in [2.75, 3.05) is 0 Å². The number of fused-ring (bicyclic) bond motifs is 3. The minimum Gasteiger partial charge on any atom is -0.507 e. The lowest BCUT2D eigenvalue weighted by Crippen LogP contribution is -2.60. The van der Waals surface area contributed by atoms with Crippen LogP contribution in [0.5, 0.6) is 5.75 Å². The van der Waals surface area contributed by atoms with Crippen LogP contribution < -0.4 is 0 Å². The quantitative estimate of drug-likeness (QED) is 0.453. The molecule has 0 saturated heterocycles. The number of hydrogen-bond donors (Lipinski definition) is 3. The minimum atomic E-state index is -2.38. The van der Waals surface area contributed by atoms with Gasteiger partial charge in [0.1, 0.15) is 11.5 Å². The molecule has 0 heterocycles. The Kier molecular flexibility index (Phi) is 5.52. The van der Waals surface area contributed by atoms with Gasteiger partial charge in [0.05, 0.1) is 11.1 Å². The van der Waals surface area contributed by atoms with Gasteiger partial charge in [-0.15, -0.1) is 0 Å². The number of carbonyl (C=O) groups is 3. The Bertz CT molecular complexity index is 1330. The zero-order valence-corrected chi connectivity index (χ0v) is 19.8. The van der Waals surface area contributed by atoms with E-state index in [0.29, 0.717) is 12.8 Å². The van der Waals surface area contributed by atoms with Crippen LogP contribution in [0, 0.1) is 11.8 Å². The lowest BCUT2D eigenvalue weighted by Gasteiger charge is -2.45. The van der Waals surface area contributed by atoms with Gasteiger partial charge >= 0.3 is 0 Å². The number of benzene rings is 2. The first-order chi connectivity index (χ1) is 16.7. The first-order valence-corrected chi connectivity index (χ1v) is 12.1. The number of carbonyl (C=O) groups excluding carboxylic acids is 3. The summed E-state index contributed by atoms with van der Waals surface area (Å²) in [6, 6.07) is 11.5. The number of hydrogen-bond acceptors (Lipinski definition) is 6. The van der Waals surface area contributed by atoms with Crippen molar-refractivity contribution < 1.29 is 29.7 Å². The molecule has 0 unspecified atom stereocenters. The third-order valence-electron chi connectivity index (χ3n) is 7.77. The maximum Gasteiger partial charge on any atom is 0.205 e. The van der Waals surface area contributed by atoms with Crippen LogP contribution in [0.15, 0.2) is 53.6 Å². The first kappa shape index (κ1) is 23.2. The van der Waals surface area contributed by atoms with Gasteiger partial charge in [0.2, 0.25) is 11.6 Å². The van der Waals surface area contributed by atoms with Crippen LogP contribution in [-0.4, -0.2) is 38.3 Å². The fourth-order valence-electron chi connectivity index (χ4n) is 6.01. The number of aliphatic hydroxyl groups excluding tert-OH is 1. The standard InChI is InChI=1S/C29H28O6/c1-3-4-16-5-7-17(8-6-16)21-11-12-23(31)25-22(21)14-18-13-19-9-10-20(15(2)30)27(33)29(19,35)28(34)24(18)26(25)32/h5-8,10-12,18-19,31-32,35H,3-4,9,13-14H2,1-2H3/t18-,19-,29-/m1/s1. The number of phenols is 1. The Labute approximate surface area is 203 Å². The molecule has 1 fully saturated rings. The molecule has 0 aromatic heterocycles. The van der Waals surface area contributed by atoms with E-state index in [4.69, 9.17) is 0 Å². The number of aryl methyl sites for hydroxylation is 1. The van der Waals surface area contributed by atoms with Crippen molar-refractivity contribution in [2.24, 2.45) is 11.8 Å². The zero-order chi connectivity index (χ0) is 25.1. The lowest BCUT2D eigenvalue weighted by molar-refractivity contribution is -0.157. The predicted octanol–water partition coefficient (Wildman–Crippen LogP) is 4.26. The summed E-state index contributed by atoms with van der Waals surface area (Å²) in [7, 11) is 0. The number of allylic oxidation sites excluding steroid dienone is 1. The molecule has 2 aromatic carbocycles. The molecular weight excluding hydrogens is 444 g/mol. The number of aliphatic hydroxyl groups is 2. The van der Waals surface area contributed by atoms with Gasteiger partial charge in [-0.2, -0.15) is 0 Å². The van der Waals surface area contributed by atoms with Gasteiger partial charge in [0.15, 0.2) is 11.4 Å². The van der Waals surface area contributed by atoms with E-state index < -0.39 is 40.5 Å². The molecule has 0 spiro atoms. The molecule has 3 aliphatic rings. The van der Waals surface area contributed by atoms with E-state index >= 15 is 0 Å². The highest BCUT2D eigenvalue weighted by molar-refractivity contribution is 6.32. The van der Waals surface area contributed by atoms with E-state index in [0.717, 1.165) is 29.5 Å². The lowest BCUT2D eigenvalue weighted by atomic mass is 9.58. The summed E-state index contributed by atoms with van der Waals surface area (Å²) >= 11 is 0. The van der Waals surface area contributed by atoms with Crippen molar-refractivity contribution in [1.29, 1.82) is 0 Å². The molecule has 1 saturated carbocycles. The summed E-state index contributed by atoms with van der Waals surface area (Å²) in [5.74, 6) is -3.94. The predicted molar refractivity (Wildman–Crippen MR) is 131 cm³/mol. The molecule has 0 radical (unpaired) electrons. The maximum absolute atomic E-state index is 13.6. The van der Waals surface area contributed by atoms with E-state index in [1.165, 1.54) is 24.6 Å². The summed E-state index contributed by atoms with van der Waals surface area (Å²) in [4.78, 5) is 38.5. The molecule has 3 N–H and O–H groups in total. The van der Waals surface area contributed by atoms with Crippen molar-refractivity contribution in [2.45, 2.75) is 51.6 Å². The van der Waals surface area contributed by atoms with Crippen molar-refractivity contribution >= 4 is 23.1 Å². The number of aromatic hydroxyl groups is 1. The number of Topliss-reactive ketones (excluding diaryl/α,β-unsaturated/α-hetero) is 3. The molecule has 2 aromatic rings. The van der Waals surface area contributed by atoms with Gasteiger partial charge in [-0.1, -0.05) is 49.8 Å². The Balaban J connectivity index is 1.62. The summed E-state index contributed by atoms with van der Waals surface area (Å²) in [6.45, 7) is 3.35. The number of phenolic OH excluding ortho intramolecular Hbond substituents is 1. The van der Waals surface area contributed by atoms with Gasteiger partial charge in [-0.05, 0) is 66.8 Å². The van der Waals surface area contributed by atoms with Crippen LogP contribution in [0.25, 0.3) is 16.9 Å². The van der Waals surface area contributed by atoms with Gasteiger partial charge in [0.25, 0.3) is 0 Å². The molecule has 35 heavy (non-hydrogen) atoms. The smallest absolute Gasteiger partial charge is 0.205 e. The molecule has 0 aliphatic heterocycles. The van der Waals surface area contributed by atoms with Crippen molar-refractivity contribution in [1.82, 2.24) is 0 Å². The Morgan fingerprint density at radius 2 is 1.77 bits per heavy atom. The Morgan fingerprint density at radius 3 is 2.43 bits per heavy atom. The van der Waals surface area contributed by atoms with Gasteiger partial charge in [-0.25, -0.2) is 0 Å². The van der Waals surface area contributed by atoms with E-state index in [2.05, 4.69) is 19.1 Å². The van der Waals surface area contributed by atoms with Crippen LogP contribution >= 0.6 is 0 Å². The fourth-order valence-corrected chi connectivity index (χ4v) is 6.01. The highest BCUT2D eigenvalue weighted by Gasteiger charge is 2.59. The largest absolute Gasteiger partial charge is 0.507 e. The minimum absolute atomic E-state index is 0.0415. The third kappa shape index (κ3) is 3.39. The maximum atomic E-state index is 13.6.